The fourth-order valence-electron chi connectivity index (χ4n) is 6.24. The molecule has 0 saturated heterocycles. The van der Waals surface area contributed by atoms with Crippen molar-refractivity contribution >= 4 is 64.6 Å². The normalized spacial score (nSPS) is 12.2. The largest absolute Gasteiger partial charge is 0.289 e. The predicted molar refractivity (Wildman–Crippen MR) is 146 cm³/mol. The molecule has 0 aliphatic carbocycles. The van der Waals surface area contributed by atoms with Crippen molar-refractivity contribution in [1.29, 1.82) is 0 Å². The van der Waals surface area contributed by atoms with E-state index < -0.39 is 0 Å². The summed E-state index contributed by atoms with van der Waals surface area (Å²) in [6, 6.07) is 38.2. The molecule has 0 amide bonds. The number of benzene rings is 7. The molecule has 156 valence electrons. The molecule has 0 saturated carbocycles. The van der Waals surface area contributed by atoms with E-state index >= 15 is 0 Å². The third kappa shape index (κ3) is 2.08. The number of fused-ring (bicyclic) bond motifs is 6. The molecule has 0 aromatic heterocycles. The van der Waals surface area contributed by atoms with Gasteiger partial charge in [-0.05, 0) is 59.6 Å². The highest BCUT2D eigenvalue weighted by Gasteiger charge is 2.23. The lowest BCUT2D eigenvalue weighted by molar-refractivity contribution is 1.69. The average Bonchev–Trinajstić information content (AvgIpc) is 3.23. The molecule has 0 N–H and O–H groups in total. The lowest BCUT2D eigenvalue weighted by atomic mass is 9.86. The topological polar surface area (TPSA) is 17.1 Å². The van der Waals surface area contributed by atoms with Crippen molar-refractivity contribution in [2.45, 2.75) is 0 Å². The van der Waals surface area contributed by atoms with Crippen molar-refractivity contribution in [3.63, 3.8) is 0 Å². The summed E-state index contributed by atoms with van der Waals surface area (Å²) >= 11 is 0. The molecule has 0 radical (unpaired) electrons. The first-order valence-electron chi connectivity index (χ1n) is 11.7. The third-order valence-electron chi connectivity index (χ3n) is 7.53. The van der Waals surface area contributed by atoms with Gasteiger partial charge in [-0.15, -0.1) is 0 Å². The van der Waals surface area contributed by atoms with Crippen LogP contribution in [0.2, 0.25) is 0 Å². The van der Waals surface area contributed by atoms with Crippen molar-refractivity contribution in [3.8, 4) is 11.1 Å². The maximum Gasteiger partial charge on any atom is 0.194 e. The zero-order valence-corrected chi connectivity index (χ0v) is 18.3. The van der Waals surface area contributed by atoms with Gasteiger partial charge >= 0.3 is 0 Å². The van der Waals surface area contributed by atoms with Gasteiger partial charge in [-0.3, -0.25) is 4.79 Å². The van der Waals surface area contributed by atoms with Crippen LogP contribution in [0.1, 0.15) is 0 Å². The van der Waals surface area contributed by atoms with Crippen LogP contribution in [0.5, 0.6) is 0 Å². The van der Waals surface area contributed by atoms with Crippen molar-refractivity contribution in [3.05, 3.63) is 119 Å². The summed E-state index contributed by atoms with van der Waals surface area (Å²) in [5, 5.41) is 13.7. The molecule has 8 aromatic carbocycles. The van der Waals surface area contributed by atoms with Gasteiger partial charge in [0.1, 0.15) is 0 Å². The van der Waals surface area contributed by atoms with Crippen LogP contribution >= 0.6 is 0 Å². The second-order valence-electron chi connectivity index (χ2n) is 9.18. The van der Waals surface area contributed by atoms with Crippen LogP contribution in [0.25, 0.3) is 75.8 Å². The second-order valence-corrected chi connectivity index (χ2v) is 9.18. The standard InChI is InChI=1S/C33H18O/c34-33-22-14-5-4-13-21(22)30-29-25(17-8-18-26(29)33)28(20-9-2-1-3-10-20)31-23-15-6-11-19-12-7-16-24(27(19)23)32(30)31/h1-18H. The molecule has 0 atom stereocenters. The molecule has 0 bridgehead atoms. The van der Waals surface area contributed by atoms with Gasteiger partial charge in [0.2, 0.25) is 0 Å². The van der Waals surface area contributed by atoms with Gasteiger partial charge < -0.3 is 0 Å². The van der Waals surface area contributed by atoms with Gasteiger partial charge in [-0.25, -0.2) is 0 Å². The Labute approximate surface area is 195 Å². The minimum atomic E-state index is 0.112. The van der Waals surface area contributed by atoms with Crippen LogP contribution in [0.4, 0.5) is 0 Å². The lowest BCUT2D eigenvalue weighted by Crippen LogP contribution is -2.03. The van der Waals surface area contributed by atoms with Crippen LogP contribution in [0.3, 0.4) is 0 Å². The van der Waals surface area contributed by atoms with Crippen LogP contribution in [-0.2, 0) is 0 Å². The molecule has 8 aromatic rings. The van der Waals surface area contributed by atoms with Crippen molar-refractivity contribution < 1.29 is 0 Å². The number of hydrogen-bond donors (Lipinski definition) is 0. The molecule has 0 heterocycles. The minimum Gasteiger partial charge on any atom is -0.289 e. The molecule has 0 aliphatic heterocycles. The summed E-state index contributed by atoms with van der Waals surface area (Å²) in [5.41, 5.74) is 2.51. The maximum absolute atomic E-state index is 13.7. The lowest BCUT2D eigenvalue weighted by Gasteiger charge is -2.16. The van der Waals surface area contributed by atoms with E-state index in [4.69, 9.17) is 0 Å². The monoisotopic (exact) mass is 430 g/mol. The first-order valence-corrected chi connectivity index (χ1v) is 11.7. The van der Waals surface area contributed by atoms with E-state index in [1.165, 1.54) is 48.8 Å². The first-order chi connectivity index (χ1) is 16.8. The number of rotatable bonds is 1. The Kier molecular flexibility index (Phi) is 3.34. The number of hydrogen-bond acceptors (Lipinski definition) is 1. The Balaban J connectivity index is 1.86. The zero-order valence-electron chi connectivity index (χ0n) is 18.3. The Morgan fingerprint density at radius 2 is 0.912 bits per heavy atom. The highest BCUT2D eigenvalue weighted by atomic mass is 16.1. The van der Waals surface area contributed by atoms with Crippen molar-refractivity contribution in [2.24, 2.45) is 0 Å². The molecule has 0 aliphatic rings. The zero-order chi connectivity index (χ0) is 22.4. The van der Waals surface area contributed by atoms with E-state index in [2.05, 4.69) is 78.9 Å². The van der Waals surface area contributed by atoms with Gasteiger partial charge in [0.05, 0.1) is 0 Å². The van der Waals surface area contributed by atoms with Crippen LogP contribution < -0.4 is 5.43 Å². The molecular formula is C33H18O. The van der Waals surface area contributed by atoms with E-state index in [-0.39, 0.29) is 5.43 Å². The Morgan fingerprint density at radius 1 is 0.353 bits per heavy atom. The van der Waals surface area contributed by atoms with Gasteiger partial charge in [-0.1, -0.05) is 109 Å². The Hall–Kier alpha value is -4.49. The summed E-state index contributed by atoms with van der Waals surface area (Å²) in [4.78, 5) is 13.7. The van der Waals surface area contributed by atoms with E-state index in [1.54, 1.807) is 0 Å². The van der Waals surface area contributed by atoms with Gasteiger partial charge in [0.25, 0.3) is 0 Å². The van der Waals surface area contributed by atoms with Crippen LogP contribution in [0.15, 0.2) is 114 Å². The molecule has 1 heteroatoms. The van der Waals surface area contributed by atoms with Gasteiger partial charge in [0, 0.05) is 16.2 Å². The van der Waals surface area contributed by atoms with Crippen molar-refractivity contribution in [2.75, 3.05) is 0 Å². The summed E-state index contributed by atoms with van der Waals surface area (Å²) < 4.78 is 0. The minimum absolute atomic E-state index is 0.112. The summed E-state index contributed by atoms with van der Waals surface area (Å²) in [6.07, 6.45) is 0. The predicted octanol–water partition coefficient (Wildman–Crippen LogP) is 8.51. The molecule has 8 rings (SSSR count). The fourth-order valence-corrected chi connectivity index (χ4v) is 6.24. The second kappa shape index (κ2) is 6.30. The van der Waals surface area contributed by atoms with E-state index in [0.717, 1.165) is 26.9 Å². The highest BCUT2D eigenvalue weighted by molar-refractivity contribution is 6.45. The van der Waals surface area contributed by atoms with E-state index in [9.17, 15) is 4.79 Å². The molecule has 0 spiro atoms. The smallest absolute Gasteiger partial charge is 0.194 e. The molecule has 1 nitrogen and oxygen atoms in total. The summed E-state index contributed by atoms with van der Waals surface area (Å²) in [7, 11) is 0. The van der Waals surface area contributed by atoms with Gasteiger partial charge in [-0.2, -0.15) is 0 Å². The molecule has 0 unspecified atom stereocenters. The summed E-state index contributed by atoms with van der Waals surface area (Å²) in [5.74, 6) is 0. The molecule has 34 heavy (non-hydrogen) atoms. The van der Waals surface area contributed by atoms with Crippen LogP contribution in [0, 0.1) is 0 Å². The molecular weight excluding hydrogens is 412 g/mol. The first kappa shape index (κ1) is 18.0. The molecule has 0 fully saturated rings. The third-order valence-corrected chi connectivity index (χ3v) is 7.53. The quantitative estimate of drug-likeness (QED) is 0.188. The fraction of sp³-hybridized carbons (Fsp3) is 0. The van der Waals surface area contributed by atoms with E-state index in [0.29, 0.717) is 0 Å². The van der Waals surface area contributed by atoms with Crippen molar-refractivity contribution in [1.82, 2.24) is 0 Å². The Morgan fingerprint density at radius 3 is 1.71 bits per heavy atom. The maximum atomic E-state index is 13.7. The highest BCUT2D eigenvalue weighted by Crippen LogP contribution is 2.50. The van der Waals surface area contributed by atoms with Gasteiger partial charge in [0.15, 0.2) is 5.43 Å². The summed E-state index contributed by atoms with van der Waals surface area (Å²) in [6.45, 7) is 0. The van der Waals surface area contributed by atoms with E-state index in [1.807, 2.05) is 30.3 Å². The van der Waals surface area contributed by atoms with Crippen LogP contribution in [-0.4, -0.2) is 0 Å². The Bertz CT molecular complexity index is 2120. The SMILES string of the molecule is O=c1c2ccccc2c2c3c(cccc13)c(-c1ccccc1)c1c3cccc4cccc(c43)c12. The average molecular weight is 431 g/mol.